The van der Waals surface area contributed by atoms with E-state index in [9.17, 15) is 9.59 Å². The van der Waals surface area contributed by atoms with E-state index in [1.165, 1.54) is 0 Å². The summed E-state index contributed by atoms with van der Waals surface area (Å²) in [4.78, 5) is 23.7. The average Bonchev–Trinajstić information content (AvgIpc) is 2.80. The number of Topliss-reactive ketones (excluding diaryl/α,β-unsaturated/α-hetero) is 1. The molecule has 0 saturated heterocycles. The van der Waals surface area contributed by atoms with Gasteiger partial charge in [-0.1, -0.05) is 24.3 Å². The van der Waals surface area contributed by atoms with Crippen molar-refractivity contribution in [2.45, 2.75) is 45.4 Å². The van der Waals surface area contributed by atoms with E-state index in [1.54, 1.807) is 20.8 Å². The summed E-state index contributed by atoms with van der Waals surface area (Å²) >= 11 is 0. The lowest BCUT2D eigenvalue weighted by molar-refractivity contribution is -0.120. The number of ketones is 1. The molecule has 0 saturated carbocycles. The summed E-state index contributed by atoms with van der Waals surface area (Å²) in [5.41, 5.74) is 1.68. The lowest BCUT2D eigenvalue weighted by atomic mass is 10.0. The second-order valence-electron chi connectivity index (χ2n) is 6.16. The number of hydrogen-bond donors (Lipinski definition) is 2. The second-order valence-corrected chi connectivity index (χ2v) is 6.16. The molecule has 2 N–H and O–H groups in total. The summed E-state index contributed by atoms with van der Waals surface area (Å²) in [6.45, 7) is 6.41. The maximum Gasteiger partial charge on any atom is 0.407 e. The van der Waals surface area contributed by atoms with Gasteiger partial charge in [-0.05, 0) is 31.9 Å². The van der Waals surface area contributed by atoms with Crippen LogP contribution >= 0.6 is 0 Å². The molecule has 1 amide bonds. The standard InChI is InChI=1S/C16H22N2O3/c1-16(2,3)21-15(20)17-9-8-13(19)14-12-7-5-4-6-11(12)10-18-14/h4-7,14,18H,8-10H2,1-3H3,(H,17,20). The molecule has 5 heteroatoms. The Morgan fingerprint density at radius 3 is 2.76 bits per heavy atom. The molecule has 2 rings (SSSR count). The fourth-order valence-electron chi connectivity index (χ4n) is 2.33. The van der Waals surface area contributed by atoms with E-state index >= 15 is 0 Å². The first-order valence-electron chi connectivity index (χ1n) is 7.17. The van der Waals surface area contributed by atoms with Gasteiger partial charge in [0, 0.05) is 19.5 Å². The number of hydrogen-bond acceptors (Lipinski definition) is 4. The largest absolute Gasteiger partial charge is 0.444 e. The topological polar surface area (TPSA) is 67.4 Å². The van der Waals surface area contributed by atoms with Crippen LogP contribution in [0.3, 0.4) is 0 Å². The minimum atomic E-state index is -0.528. The highest BCUT2D eigenvalue weighted by molar-refractivity contribution is 5.86. The van der Waals surface area contributed by atoms with Gasteiger partial charge in [0.2, 0.25) is 0 Å². The van der Waals surface area contributed by atoms with Crippen molar-refractivity contribution in [3.8, 4) is 0 Å². The van der Waals surface area contributed by atoms with Crippen LogP contribution in [-0.4, -0.2) is 24.0 Å². The molecule has 0 radical (unpaired) electrons. The van der Waals surface area contributed by atoms with Gasteiger partial charge in [-0.2, -0.15) is 0 Å². The number of alkyl carbamates (subject to hydrolysis) is 1. The summed E-state index contributed by atoms with van der Waals surface area (Å²) in [7, 11) is 0. The van der Waals surface area contributed by atoms with Gasteiger partial charge in [0.25, 0.3) is 0 Å². The summed E-state index contributed by atoms with van der Waals surface area (Å²) in [5.74, 6) is 0.0796. The van der Waals surface area contributed by atoms with E-state index in [0.29, 0.717) is 6.54 Å². The highest BCUT2D eigenvalue weighted by Crippen LogP contribution is 2.26. The Bertz CT molecular complexity index is 535. The Kier molecular flexibility index (Phi) is 4.63. The molecular weight excluding hydrogens is 268 g/mol. The average molecular weight is 290 g/mol. The zero-order chi connectivity index (χ0) is 15.5. The zero-order valence-corrected chi connectivity index (χ0v) is 12.7. The molecule has 1 heterocycles. The Morgan fingerprint density at radius 2 is 2.05 bits per heavy atom. The van der Waals surface area contributed by atoms with Gasteiger partial charge in [-0.25, -0.2) is 4.79 Å². The molecule has 0 spiro atoms. The first-order chi connectivity index (χ1) is 9.87. The molecule has 114 valence electrons. The molecule has 0 aliphatic carbocycles. The molecule has 0 bridgehead atoms. The Balaban J connectivity index is 1.80. The first-order valence-corrected chi connectivity index (χ1v) is 7.17. The van der Waals surface area contributed by atoms with Gasteiger partial charge in [0.15, 0.2) is 5.78 Å². The van der Waals surface area contributed by atoms with E-state index < -0.39 is 11.7 Å². The highest BCUT2D eigenvalue weighted by atomic mass is 16.6. The predicted molar refractivity (Wildman–Crippen MR) is 79.9 cm³/mol. The van der Waals surface area contributed by atoms with Gasteiger partial charge >= 0.3 is 6.09 Å². The van der Waals surface area contributed by atoms with Crippen LogP contribution in [0.4, 0.5) is 4.79 Å². The van der Waals surface area contributed by atoms with Crippen LogP contribution in [0.2, 0.25) is 0 Å². The molecular formula is C16H22N2O3. The van der Waals surface area contributed by atoms with Crippen LogP contribution in [0, 0.1) is 0 Å². The van der Waals surface area contributed by atoms with Crippen molar-refractivity contribution >= 4 is 11.9 Å². The van der Waals surface area contributed by atoms with E-state index in [4.69, 9.17) is 4.74 Å². The molecule has 1 unspecified atom stereocenters. The maximum absolute atomic E-state index is 12.2. The number of benzene rings is 1. The molecule has 1 aliphatic heterocycles. The van der Waals surface area contributed by atoms with Gasteiger partial charge < -0.3 is 10.1 Å². The third kappa shape index (κ3) is 4.29. The SMILES string of the molecule is CC(C)(C)OC(=O)NCCC(=O)C1NCc2ccccc21. The number of rotatable bonds is 4. The van der Waals surface area contributed by atoms with Crippen molar-refractivity contribution < 1.29 is 14.3 Å². The van der Waals surface area contributed by atoms with Crippen molar-refractivity contribution in [2.75, 3.05) is 6.54 Å². The minimum Gasteiger partial charge on any atom is -0.444 e. The van der Waals surface area contributed by atoms with Crippen LogP contribution in [0.15, 0.2) is 24.3 Å². The van der Waals surface area contributed by atoms with Crippen LogP contribution in [0.5, 0.6) is 0 Å². The molecule has 21 heavy (non-hydrogen) atoms. The molecule has 1 aromatic rings. The summed E-state index contributed by atoms with van der Waals surface area (Å²) in [6, 6.07) is 7.64. The first kappa shape index (κ1) is 15.5. The second kappa shape index (κ2) is 6.26. The molecule has 1 aromatic carbocycles. The fourth-order valence-corrected chi connectivity index (χ4v) is 2.33. The maximum atomic E-state index is 12.2. The van der Waals surface area contributed by atoms with Crippen molar-refractivity contribution in [3.63, 3.8) is 0 Å². The predicted octanol–water partition coefficient (Wildman–Crippen LogP) is 2.31. The van der Waals surface area contributed by atoms with Crippen molar-refractivity contribution in [2.24, 2.45) is 0 Å². The molecule has 1 atom stereocenters. The monoisotopic (exact) mass is 290 g/mol. The normalized spacial score (nSPS) is 17.2. The number of amides is 1. The van der Waals surface area contributed by atoms with Gasteiger partial charge in [0.1, 0.15) is 5.60 Å². The van der Waals surface area contributed by atoms with Gasteiger partial charge in [0.05, 0.1) is 6.04 Å². The van der Waals surface area contributed by atoms with Gasteiger partial charge in [-0.15, -0.1) is 0 Å². The molecule has 0 fully saturated rings. The molecule has 0 aromatic heterocycles. The summed E-state index contributed by atoms with van der Waals surface area (Å²) < 4.78 is 5.12. The quantitative estimate of drug-likeness (QED) is 0.893. The number of carbonyl (C=O) groups excluding carboxylic acids is 2. The van der Waals surface area contributed by atoms with E-state index in [2.05, 4.69) is 10.6 Å². The third-order valence-corrected chi connectivity index (χ3v) is 3.22. The number of nitrogens with one attached hydrogen (secondary N) is 2. The van der Waals surface area contributed by atoms with Crippen LogP contribution in [0.1, 0.15) is 44.4 Å². The summed E-state index contributed by atoms with van der Waals surface area (Å²) in [5, 5.41) is 5.81. The van der Waals surface area contributed by atoms with E-state index in [0.717, 1.165) is 11.1 Å². The van der Waals surface area contributed by atoms with E-state index in [1.807, 2.05) is 24.3 Å². The van der Waals surface area contributed by atoms with Crippen LogP contribution < -0.4 is 10.6 Å². The van der Waals surface area contributed by atoms with Crippen molar-refractivity contribution in [3.05, 3.63) is 35.4 Å². The van der Waals surface area contributed by atoms with E-state index in [-0.39, 0.29) is 24.8 Å². The van der Waals surface area contributed by atoms with Crippen LogP contribution in [-0.2, 0) is 16.1 Å². The third-order valence-electron chi connectivity index (χ3n) is 3.22. The number of ether oxygens (including phenoxy) is 1. The van der Waals surface area contributed by atoms with Crippen LogP contribution in [0.25, 0.3) is 0 Å². The van der Waals surface area contributed by atoms with Gasteiger partial charge in [-0.3, -0.25) is 10.1 Å². The fraction of sp³-hybridized carbons (Fsp3) is 0.500. The van der Waals surface area contributed by atoms with Crippen molar-refractivity contribution in [1.82, 2.24) is 10.6 Å². The zero-order valence-electron chi connectivity index (χ0n) is 12.7. The summed E-state index contributed by atoms with van der Waals surface area (Å²) in [6.07, 6.45) is -0.208. The highest BCUT2D eigenvalue weighted by Gasteiger charge is 2.27. The lowest BCUT2D eigenvalue weighted by Crippen LogP contribution is -2.34. The lowest BCUT2D eigenvalue weighted by Gasteiger charge is -2.19. The minimum absolute atomic E-state index is 0.0796. The molecule has 5 nitrogen and oxygen atoms in total. The van der Waals surface area contributed by atoms with Crippen molar-refractivity contribution in [1.29, 1.82) is 0 Å². The Hall–Kier alpha value is -1.88. The smallest absolute Gasteiger partial charge is 0.407 e. The molecule has 1 aliphatic rings. The Morgan fingerprint density at radius 1 is 1.33 bits per heavy atom. The Labute approximate surface area is 125 Å². The number of fused-ring (bicyclic) bond motifs is 1. The number of carbonyl (C=O) groups is 2.